The average molecular weight is 596 g/mol. The van der Waals surface area contributed by atoms with Gasteiger partial charge < -0.3 is 15.0 Å². The van der Waals surface area contributed by atoms with E-state index in [1.807, 2.05) is 78.9 Å². The molecule has 1 saturated heterocycles. The Morgan fingerprint density at radius 1 is 0.911 bits per heavy atom. The van der Waals surface area contributed by atoms with Crippen molar-refractivity contribution < 1.29 is 14.3 Å². The highest BCUT2D eigenvalue weighted by Crippen LogP contribution is 2.33. The minimum atomic E-state index is -0.855. The zero-order chi connectivity index (χ0) is 31.0. The van der Waals surface area contributed by atoms with Crippen LogP contribution in [0, 0.1) is 17.2 Å². The fourth-order valence-electron chi connectivity index (χ4n) is 5.87. The predicted molar refractivity (Wildman–Crippen MR) is 171 cm³/mol. The molecule has 5 aromatic rings. The van der Waals surface area contributed by atoms with Gasteiger partial charge in [-0.05, 0) is 66.3 Å². The molecule has 1 aliphatic rings. The lowest BCUT2D eigenvalue weighted by Crippen LogP contribution is -2.46. The van der Waals surface area contributed by atoms with Crippen molar-refractivity contribution in [1.29, 1.82) is 5.26 Å². The number of nitrogens with one attached hydrogen (secondary N) is 1. The number of carbonyl (C=O) groups excluding carboxylic acids is 2. The summed E-state index contributed by atoms with van der Waals surface area (Å²) in [5.41, 5.74) is 3.67. The third kappa shape index (κ3) is 7.00. The van der Waals surface area contributed by atoms with Crippen LogP contribution in [0.3, 0.4) is 0 Å². The second-order valence-corrected chi connectivity index (χ2v) is 11.2. The highest BCUT2D eigenvalue weighted by molar-refractivity contribution is 5.98. The van der Waals surface area contributed by atoms with Crippen LogP contribution in [0.15, 0.2) is 116 Å². The first-order valence-corrected chi connectivity index (χ1v) is 15.1. The number of nitriles is 1. The molecule has 0 aliphatic carbocycles. The van der Waals surface area contributed by atoms with Crippen molar-refractivity contribution in [2.75, 3.05) is 13.1 Å². The Morgan fingerprint density at radius 3 is 2.47 bits per heavy atom. The molecular formula is C37H33N5O3. The lowest BCUT2D eigenvalue weighted by molar-refractivity contribution is -0.134. The molecule has 8 nitrogen and oxygen atoms in total. The van der Waals surface area contributed by atoms with Gasteiger partial charge in [0.15, 0.2) is 0 Å². The SMILES string of the molecule is N#CC(c1cccnc1)C1CCN(C(=O)[C@H](NC(=O)c2cccc(OCc3ccc4ccccc4n3)c2)c2ccccc2)CC1. The van der Waals surface area contributed by atoms with E-state index in [-0.39, 0.29) is 30.3 Å². The smallest absolute Gasteiger partial charge is 0.252 e. The van der Waals surface area contributed by atoms with Gasteiger partial charge in [0, 0.05) is 36.4 Å². The van der Waals surface area contributed by atoms with E-state index in [9.17, 15) is 14.9 Å². The number of carbonyl (C=O) groups is 2. The van der Waals surface area contributed by atoms with Crippen LogP contribution in [0.2, 0.25) is 0 Å². The summed E-state index contributed by atoms with van der Waals surface area (Å²) in [6, 6.07) is 33.4. The summed E-state index contributed by atoms with van der Waals surface area (Å²) < 4.78 is 5.99. The van der Waals surface area contributed by atoms with E-state index >= 15 is 0 Å². The standard InChI is InChI=1S/C37H33N5O3/c38-23-33(30-12-7-19-39-24-30)26-17-20-42(21-18-26)37(44)35(28-9-2-1-3-10-28)41-36(43)29-11-6-13-32(22-29)45-25-31-16-15-27-8-4-5-14-34(27)40-31/h1-16,19,22,24,26,33,35H,17-18,20-21,25H2,(H,41,43)/t33?,35-/m1/s1. The van der Waals surface area contributed by atoms with Crippen LogP contribution in [0.5, 0.6) is 5.75 Å². The first kappa shape index (κ1) is 29.5. The van der Waals surface area contributed by atoms with Gasteiger partial charge >= 0.3 is 0 Å². The number of benzene rings is 3. The van der Waals surface area contributed by atoms with E-state index in [1.165, 1.54) is 0 Å². The number of ether oxygens (including phenoxy) is 1. The summed E-state index contributed by atoms with van der Waals surface area (Å²) >= 11 is 0. The number of rotatable bonds is 9. The van der Waals surface area contributed by atoms with Crippen molar-refractivity contribution >= 4 is 22.7 Å². The molecular weight excluding hydrogens is 562 g/mol. The molecule has 1 aliphatic heterocycles. The number of nitrogens with zero attached hydrogens (tertiary/aromatic N) is 4. The van der Waals surface area contributed by atoms with E-state index < -0.39 is 6.04 Å². The molecule has 0 saturated carbocycles. The monoisotopic (exact) mass is 595 g/mol. The molecule has 1 N–H and O–H groups in total. The van der Waals surface area contributed by atoms with Gasteiger partial charge in [-0.15, -0.1) is 0 Å². The van der Waals surface area contributed by atoms with Gasteiger partial charge in [-0.25, -0.2) is 4.98 Å². The van der Waals surface area contributed by atoms with Gasteiger partial charge in [0.2, 0.25) is 5.91 Å². The van der Waals surface area contributed by atoms with Crippen LogP contribution in [0.4, 0.5) is 0 Å². The highest BCUT2D eigenvalue weighted by atomic mass is 16.5. The summed E-state index contributed by atoms with van der Waals surface area (Å²) in [5, 5.41) is 13.9. The fourth-order valence-corrected chi connectivity index (χ4v) is 5.87. The maximum absolute atomic E-state index is 13.9. The lowest BCUT2D eigenvalue weighted by atomic mass is 9.81. The topological polar surface area (TPSA) is 108 Å². The van der Waals surface area contributed by atoms with Crippen molar-refractivity contribution in [3.8, 4) is 11.8 Å². The first-order chi connectivity index (χ1) is 22.1. The Labute approximate surface area is 262 Å². The number of fused-ring (bicyclic) bond motifs is 1. The van der Waals surface area contributed by atoms with E-state index in [4.69, 9.17) is 4.74 Å². The van der Waals surface area contributed by atoms with E-state index in [2.05, 4.69) is 21.4 Å². The third-order valence-corrected chi connectivity index (χ3v) is 8.30. The Hall–Kier alpha value is -5.55. The summed E-state index contributed by atoms with van der Waals surface area (Å²) in [5.74, 6) is -0.157. The molecule has 1 unspecified atom stereocenters. The van der Waals surface area contributed by atoms with Gasteiger partial charge in [0.05, 0.1) is 23.2 Å². The number of piperidine rings is 1. The Morgan fingerprint density at radius 2 is 1.69 bits per heavy atom. The molecule has 6 rings (SSSR count). The minimum absolute atomic E-state index is 0.126. The van der Waals surface area contributed by atoms with E-state index in [1.54, 1.807) is 41.6 Å². The number of hydrogen-bond acceptors (Lipinski definition) is 6. The number of likely N-dealkylation sites (tertiary alicyclic amines) is 1. The molecule has 3 aromatic carbocycles. The maximum Gasteiger partial charge on any atom is 0.252 e. The quantitative estimate of drug-likeness (QED) is 0.217. The molecule has 0 radical (unpaired) electrons. The van der Waals surface area contributed by atoms with Crippen LogP contribution in [-0.4, -0.2) is 39.8 Å². The molecule has 224 valence electrons. The molecule has 2 atom stereocenters. The van der Waals surface area contributed by atoms with Crippen molar-refractivity contribution in [1.82, 2.24) is 20.2 Å². The van der Waals surface area contributed by atoms with Crippen LogP contribution in [0.25, 0.3) is 10.9 Å². The Balaban J connectivity index is 1.12. The van der Waals surface area contributed by atoms with E-state index in [0.29, 0.717) is 42.8 Å². The third-order valence-electron chi connectivity index (χ3n) is 8.30. The summed E-state index contributed by atoms with van der Waals surface area (Å²) in [7, 11) is 0. The van der Waals surface area contributed by atoms with Crippen LogP contribution in [-0.2, 0) is 11.4 Å². The number of amides is 2. The van der Waals surface area contributed by atoms with E-state index in [0.717, 1.165) is 22.2 Å². The zero-order valence-electron chi connectivity index (χ0n) is 24.8. The number of aromatic nitrogens is 2. The second kappa shape index (κ2) is 13.8. The Bertz CT molecular complexity index is 1810. The molecule has 0 spiro atoms. The molecule has 0 bridgehead atoms. The van der Waals surface area contributed by atoms with Gasteiger partial charge in [-0.2, -0.15) is 5.26 Å². The molecule has 1 fully saturated rings. The maximum atomic E-state index is 13.9. The highest BCUT2D eigenvalue weighted by Gasteiger charge is 2.33. The molecule has 2 aromatic heterocycles. The largest absolute Gasteiger partial charge is 0.487 e. The number of hydrogen-bond donors (Lipinski definition) is 1. The Kier molecular flexibility index (Phi) is 9.07. The van der Waals surface area contributed by atoms with Gasteiger partial charge in [0.25, 0.3) is 5.91 Å². The predicted octanol–water partition coefficient (Wildman–Crippen LogP) is 6.23. The normalized spacial score (nSPS) is 14.7. The zero-order valence-corrected chi connectivity index (χ0v) is 24.8. The molecule has 45 heavy (non-hydrogen) atoms. The second-order valence-electron chi connectivity index (χ2n) is 11.2. The summed E-state index contributed by atoms with van der Waals surface area (Å²) in [6.45, 7) is 1.27. The fraction of sp³-hybridized carbons (Fsp3) is 0.216. The van der Waals surface area contributed by atoms with Gasteiger partial charge in [-0.3, -0.25) is 14.6 Å². The van der Waals surface area contributed by atoms with Crippen LogP contribution >= 0.6 is 0 Å². The molecule has 8 heteroatoms. The summed E-state index contributed by atoms with van der Waals surface area (Å²) in [6.07, 6.45) is 4.83. The summed E-state index contributed by atoms with van der Waals surface area (Å²) in [4.78, 5) is 38.1. The van der Waals surface area contributed by atoms with Crippen LogP contribution in [0.1, 0.15) is 52.0 Å². The van der Waals surface area contributed by atoms with Gasteiger partial charge in [0.1, 0.15) is 18.4 Å². The van der Waals surface area contributed by atoms with Gasteiger partial charge in [-0.1, -0.05) is 66.7 Å². The average Bonchev–Trinajstić information content (AvgIpc) is 3.11. The van der Waals surface area contributed by atoms with Crippen LogP contribution < -0.4 is 10.1 Å². The minimum Gasteiger partial charge on any atom is -0.487 e. The molecule has 2 amide bonds. The number of pyridine rings is 2. The lowest BCUT2D eigenvalue weighted by Gasteiger charge is -2.36. The van der Waals surface area contributed by atoms with Crippen molar-refractivity contribution in [3.05, 3.63) is 138 Å². The van der Waals surface area contributed by atoms with Crippen molar-refractivity contribution in [2.45, 2.75) is 31.4 Å². The van der Waals surface area contributed by atoms with Crippen molar-refractivity contribution in [3.63, 3.8) is 0 Å². The number of para-hydroxylation sites is 1. The first-order valence-electron chi connectivity index (χ1n) is 15.1. The van der Waals surface area contributed by atoms with Crippen molar-refractivity contribution in [2.24, 2.45) is 5.92 Å². The molecule has 3 heterocycles.